The lowest BCUT2D eigenvalue weighted by Crippen LogP contribution is -2.21. The van der Waals surface area contributed by atoms with Gasteiger partial charge in [0.05, 0.1) is 13.7 Å². The molecule has 0 N–H and O–H groups in total. The highest BCUT2D eigenvalue weighted by atomic mass is 32.1. The van der Waals surface area contributed by atoms with Crippen molar-refractivity contribution < 1.29 is 4.74 Å². The van der Waals surface area contributed by atoms with Crippen LogP contribution in [0.3, 0.4) is 0 Å². The van der Waals surface area contributed by atoms with Gasteiger partial charge in [0, 0.05) is 23.0 Å². The highest BCUT2D eigenvalue weighted by Gasteiger charge is 2.14. The number of methoxy groups -OCH3 is 1. The summed E-state index contributed by atoms with van der Waals surface area (Å²) in [4.78, 5) is 7.74. The molecule has 0 aliphatic rings. The maximum atomic E-state index is 5.49. The standard InChI is InChI=1S/C18H22N4OS/c1-14(18-5-4-8-24-18)21(2)10-15-6-7-17(23-3)16(9-15)11-22-13-19-12-20-22/h4-9,12-14H,10-11H2,1-3H3/t14-/m1/s1. The van der Waals surface area contributed by atoms with E-state index in [1.807, 2.05) is 6.07 Å². The molecular formula is C18H22N4OS. The van der Waals surface area contributed by atoms with E-state index in [1.54, 1.807) is 35.8 Å². The first-order chi connectivity index (χ1) is 11.7. The van der Waals surface area contributed by atoms with Crippen LogP contribution >= 0.6 is 11.3 Å². The van der Waals surface area contributed by atoms with E-state index >= 15 is 0 Å². The molecular weight excluding hydrogens is 320 g/mol. The second kappa shape index (κ2) is 7.59. The van der Waals surface area contributed by atoms with Gasteiger partial charge in [0.15, 0.2) is 0 Å². The number of thiophene rings is 1. The maximum Gasteiger partial charge on any atom is 0.137 e. The molecule has 5 nitrogen and oxygen atoms in total. The minimum atomic E-state index is 0.394. The molecule has 1 atom stereocenters. The molecule has 0 radical (unpaired) electrons. The van der Waals surface area contributed by atoms with Gasteiger partial charge in [-0.15, -0.1) is 11.3 Å². The molecule has 3 rings (SSSR count). The number of rotatable bonds is 7. The number of nitrogens with zero attached hydrogens (tertiary/aromatic N) is 4. The van der Waals surface area contributed by atoms with Gasteiger partial charge in [0.2, 0.25) is 0 Å². The summed E-state index contributed by atoms with van der Waals surface area (Å²) in [5.74, 6) is 0.878. The summed E-state index contributed by atoms with van der Waals surface area (Å²) in [6.45, 7) is 3.78. The molecule has 3 aromatic rings. The van der Waals surface area contributed by atoms with Crippen LogP contribution in [0.25, 0.3) is 0 Å². The van der Waals surface area contributed by atoms with Crippen molar-refractivity contribution in [3.05, 3.63) is 64.4 Å². The van der Waals surface area contributed by atoms with E-state index in [-0.39, 0.29) is 0 Å². The third kappa shape index (κ3) is 3.83. The van der Waals surface area contributed by atoms with Crippen LogP contribution in [0.15, 0.2) is 48.4 Å². The minimum absolute atomic E-state index is 0.394. The van der Waals surface area contributed by atoms with Crippen molar-refractivity contribution in [1.29, 1.82) is 0 Å². The Hall–Kier alpha value is -2.18. The van der Waals surface area contributed by atoms with Crippen molar-refractivity contribution >= 4 is 11.3 Å². The van der Waals surface area contributed by atoms with Gasteiger partial charge in [-0.2, -0.15) is 5.10 Å². The van der Waals surface area contributed by atoms with Crippen LogP contribution in [-0.2, 0) is 13.1 Å². The Labute approximate surface area is 146 Å². The van der Waals surface area contributed by atoms with E-state index in [1.165, 1.54) is 10.4 Å². The largest absolute Gasteiger partial charge is 0.496 e. The van der Waals surface area contributed by atoms with Gasteiger partial charge in [-0.3, -0.25) is 4.90 Å². The second-order valence-electron chi connectivity index (χ2n) is 5.85. The number of aromatic nitrogens is 3. The zero-order valence-electron chi connectivity index (χ0n) is 14.2. The molecule has 0 unspecified atom stereocenters. The van der Waals surface area contributed by atoms with Crippen molar-refractivity contribution in [2.24, 2.45) is 0 Å². The molecule has 0 spiro atoms. The fourth-order valence-corrected chi connectivity index (χ4v) is 3.56. The Balaban J connectivity index is 1.76. The summed E-state index contributed by atoms with van der Waals surface area (Å²) in [6.07, 6.45) is 3.27. The highest BCUT2D eigenvalue weighted by Crippen LogP contribution is 2.26. The van der Waals surface area contributed by atoms with Gasteiger partial charge in [-0.25, -0.2) is 9.67 Å². The SMILES string of the molecule is COc1ccc(CN(C)[C@H](C)c2cccs2)cc1Cn1cncn1. The summed E-state index contributed by atoms with van der Waals surface area (Å²) in [6, 6.07) is 11.0. The maximum absolute atomic E-state index is 5.49. The van der Waals surface area contributed by atoms with Crippen LogP contribution in [0, 0.1) is 0 Å². The molecule has 1 aromatic carbocycles. The lowest BCUT2D eigenvalue weighted by molar-refractivity contribution is 0.256. The molecule has 2 aromatic heterocycles. The monoisotopic (exact) mass is 342 g/mol. The fraction of sp³-hybridized carbons (Fsp3) is 0.333. The van der Waals surface area contributed by atoms with Crippen molar-refractivity contribution in [1.82, 2.24) is 19.7 Å². The van der Waals surface area contributed by atoms with Crippen LogP contribution in [-0.4, -0.2) is 33.8 Å². The van der Waals surface area contributed by atoms with E-state index < -0.39 is 0 Å². The van der Waals surface area contributed by atoms with Crippen molar-refractivity contribution in [3.63, 3.8) is 0 Å². The van der Waals surface area contributed by atoms with E-state index in [4.69, 9.17) is 4.74 Å². The summed E-state index contributed by atoms with van der Waals surface area (Å²) in [5, 5.41) is 6.31. The van der Waals surface area contributed by atoms with Crippen LogP contribution in [0.1, 0.15) is 29.0 Å². The zero-order valence-corrected chi connectivity index (χ0v) is 15.0. The molecule has 0 fully saturated rings. The van der Waals surface area contributed by atoms with Gasteiger partial charge in [0.25, 0.3) is 0 Å². The van der Waals surface area contributed by atoms with Crippen LogP contribution in [0.2, 0.25) is 0 Å². The number of benzene rings is 1. The Morgan fingerprint density at radius 2 is 2.21 bits per heavy atom. The van der Waals surface area contributed by atoms with Gasteiger partial charge in [-0.1, -0.05) is 12.1 Å². The smallest absolute Gasteiger partial charge is 0.137 e. The topological polar surface area (TPSA) is 43.2 Å². The van der Waals surface area contributed by atoms with Gasteiger partial charge in [-0.05, 0) is 43.1 Å². The molecule has 126 valence electrons. The molecule has 0 aliphatic carbocycles. The Morgan fingerprint density at radius 1 is 1.33 bits per heavy atom. The predicted molar refractivity (Wildman–Crippen MR) is 96.3 cm³/mol. The van der Waals surface area contributed by atoms with Crippen molar-refractivity contribution in [3.8, 4) is 5.75 Å². The van der Waals surface area contributed by atoms with Gasteiger partial charge >= 0.3 is 0 Å². The quantitative estimate of drug-likeness (QED) is 0.658. The normalized spacial score (nSPS) is 12.5. The molecule has 0 saturated carbocycles. The Bertz CT molecular complexity index is 755. The summed E-state index contributed by atoms with van der Waals surface area (Å²) in [7, 11) is 3.86. The zero-order chi connectivity index (χ0) is 16.9. The first-order valence-electron chi connectivity index (χ1n) is 7.89. The number of hydrogen-bond acceptors (Lipinski definition) is 5. The van der Waals surface area contributed by atoms with Crippen LogP contribution in [0.5, 0.6) is 5.75 Å². The van der Waals surface area contributed by atoms with E-state index in [0.29, 0.717) is 12.6 Å². The van der Waals surface area contributed by atoms with E-state index in [9.17, 15) is 0 Å². The lowest BCUT2D eigenvalue weighted by Gasteiger charge is -2.24. The van der Waals surface area contributed by atoms with E-state index in [2.05, 4.69) is 58.6 Å². The number of ether oxygens (including phenoxy) is 1. The second-order valence-corrected chi connectivity index (χ2v) is 6.83. The molecule has 0 amide bonds. The Morgan fingerprint density at radius 3 is 2.88 bits per heavy atom. The molecule has 0 saturated heterocycles. The molecule has 24 heavy (non-hydrogen) atoms. The Kier molecular flexibility index (Phi) is 5.27. The molecule has 0 aliphatic heterocycles. The highest BCUT2D eigenvalue weighted by molar-refractivity contribution is 7.10. The van der Waals surface area contributed by atoms with Crippen molar-refractivity contribution in [2.45, 2.75) is 26.1 Å². The molecule has 2 heterocycles. The van der Waals surface area contributed by atoms with Crippen LogP contribution in [0.4, 0.5) is 0 Å². The predicted octanol–water partition coefficient (Wildman–Crippen LogP) is 3.59. The minimum Gasteiger partial charge on any atom is -0.496 e. The summed E-state index contributed by atoms with van der Waals surface area (Å²) >= 11 is 1.80. The van der Waals surface area contributed by atoms with Crippen molar-refractivity contribution in [2.75, 3.05) is 14.2 Å². The van der Waals surface area contributed by atoms with E-state index in [0.717, 1.165) is 17.9 Å². The lowest BCUT2D eigenvalue weighted by atomic mass is 10.1. The average molecular weight is 342 g/mol. The average Bonchev–Trinajstić information content (AvgIpc) is 3.28. The first-order valence-corrected chi connectivity index (χ1v) is 8.77. The fourth-order valence-electron chi connectivity index (χ4n) is 2.71. The first kappa shape index (κ1) is 16.7. The molecule has 6 heteroatoms. The summed E-state index contributed by atoms with van der Waals surface area (Å²) < 4.78 is 7.29. The van der Waals surface area contributed by atoms with Gasteiger partial charge in [0.1, 0.15) is 18.4 Å². The van der Waals surface area contributed by atoms with Crippen LogP contribution < -0.4 is 4.74 Å². The van der Waals surface area contributed by atoms with Gasteiger partial charge < -0.3 is 4.74 Å². The number of hydrogen-bond donors (Lipinski definition) is 0. The molecule has 0 bridgehead atoms. The third-order valence-electron chi connectivity index (χ3n) is 4.19. The summed E-state index contributed by atoms with van der Waals surface area (Å²) in [5.41, 5.74) is 2.37. The third-order valence-corrected chi connectivity index (χ3v) is 5.23.